The van der Waals surface area contributed by atoms with Gasteiger partial charge in [0.25, 0.3) is 0 Å². The van der Waals surface area contributed by atoms with E-state index in [2.05, 4.69) is 4.90 Å². The maximum absolute atomic E-state index is 10.9. The minimum Gasteiger partial charge on any atom is -0.478 e. The number of halogens is 1. The number of benzene rings is 1. The van der Waals surface area contributed by atoms with E-state index in [1.54, 1.807) is 19.2 Å². The Labute approximate surface area is 117 Å². The van der Waals surface area contributed by atoms with Gasteiger partial charge in [-0.15, -0.1) is 0 Å². The summed E-state index contributed by atoms with van der Waals surface area (Å²) >= 11 is 6.20. The molecule has 0 saturated carbocycles. The first-order valence-corrected chi connectivity index (χ1v) is 6.76. The number of carbonyl (C=O) groups is 1. The lowest BCUT2D eigenvalue weighted by Gasteiger charge is -2.34. The van der Waals surface area contributed by atoms with Gasteiger partial charge in [0, 0.05) is 20.2 Å². The van der Waals surface area contributed by atoms with Crippen LogP contribution in [0.25, 0.3) is 0 Å². The molecule has 1 aromatic rings. The second-order valence-electron chi connectivity index (χ2n) is 4.88. The quantitative estimate of drug-likeness (QED) is 0.923. The zero-order valence-corrected chi connectivity index (χ0v) is 11.7. The van der Waals surface area contributed by atoms with E-state index in [0.717, 1.165) is 38.2 Å². The molecule has 0 bridgehead atoms. The molecule has 1 saturated heterocycles. The Morgan fingerprint density at radius 2 is 2.37 bits per heavy atom. The van der Waals surface area contributed by atoms with E-state index in [1.165, 1.54) is 6.07 Å². The SMILES string of the molecule is COCC1CCCN(c2ccc(C(=O)O)cc2Cl)C1. The molecule has 0 aromatic heterocycles. The largest absolute Gasteiger partial charge is 0.478 e. The molecule has 2 rings (SSSR count). The van der Waals surface area contributed by atoms with Gasteiger partial charge in [-0.2, -0.15) is 0 Å². The van der Waals surface area contributed by atoms with Gasteiger partial charge in [-0.25, -0.2) is 4.79 Å². The zero-order valence-electron chi connectivity index (χ0n) is 10.9. The van der Waals surface area contributed by atoms with Crippen molar-refractivity contribution in [3.63, 3.8) is 0 Å². The number of rotatable bonds is 4. The summed E-state index contributed by atoms with van der Waals surface area (Å²) in [5.74, 6) is -0.446. The predicted molar refractivity (Wildman–Crippen MR) is 75.2 cm³/mol. The van der Waals surface area contributed by atoms with Gasteiger partial charge in [0.1, 0.15) is 0 Å². The molecule has 5 heteroatoms. The highest BCUT2D eigenvalue weighted by atomic mass is 35.5. The summed E-state index contributed by atoms with van der Waals surface area (Å²) in [7, 11) is 1.72. The van der Waals surface area contributed by atoms with Crippen molar-refractivity contribution in [2.75, 3.05) is 31.7 Å². The summed E-state index contributed by atoms with van der Waals surface area (Å²) < 4.78 is 5.21. The number of ether oxygens (including phenoxy) is 1. The van der Waals surface area contributed by atoms with Crippen LogP contribution in [0, 0.1) is 5.92 Å². The first-order valence-electron chi connectivity index (χ1n) is 6.38. The average Bonchev–Trinajstić information content (AvgIpc) is 2.39. The summed E-state index contributed by atoms with van der Waals surface area (Å²) in [6.07, 6.45) is 2.26. The minimum absolute atomic E-state index is 0.221. The van der Waals surface area contributed by atoms with Crippen LogP contribution in [0.2, 0.25) is 5.02 Å². The van der Waals surface area contributed by atoms with E-state index >= 15 is 0 Å². The number of hydrogen-bond donors (Lipinski definition) is 1. The molecule has 0 amide bonds. The fourth-order valence-electron chi connectivity index (χ4n) is 2.55. The van der Waals surface area contributed by atoms with Gasteiger partial charge in [0.2, 0.25) is 0 Å². The Kier molecular flexibility index (Phi) is 4.66. The third-order valence-corrected chi connectivity index (χ3v) is 3.76. The normalized spacial score (nSPS) is 19.5. The summed E-state index contributed by atoms with van der Waals surface area (Å²) in [5, 5.41) is 9.43. The number of hydrogen-bond acceptors (Lipinski definition) is 3. The van der Waals surface area contributed by atoms with Crippen molar-refractivity contribution >= 4 is 23.3 Å². The number of carboxylic acids is 1. The molecule has 1 aliphatic heterocycles. The number of piperidine rings is 1. The Bertz CT molecular complexity index is 462. The molecule has 1 N–H and O–H groups in total. The smallest absolute Gasteiger partial charge is 0.335 e. The average molecular weight is 284 g/mol. The van der Waals surface area contributed by atoms with Crippen molar-refractivity contribution in [3.8, 4) is 0 Å². The van der Waals surface area contributed by atoms with E-state index in [1.807, 2.05) is 0 Å². The van der Waals surface area contributed by atoms with Crippen LogP contribution in [0.5, 0.6) is 0 Å². The Morgan fingerprint density at radius 3 is 3.00 bits per heavy atom. The number of nitrogens with zero attached hydrogens (tertiary/aromatic N) is 1. The molecule has 1 aromatic carbocycles. The fraction of sp³-hybridized carbons (Fsp3) is 0.500. The maximum atomic E-state index is 10.9. The van der Waals surface area contributed by atoms with Crippen molar-refractivity contribution in [1.29, 1.82) is 0 Å². The molecule has 19 heavy (non-hydrogen) atoms. The predicted octanol–water partition coefficient (Wildman–Crippen LogP) is 2.90. The summed E-state index contributed by atoms with van der Waals surface area (Å²) in [6.45, 7) is 2.60. The molecular weight excluding hydrogens is 266 g/mol. The van der Waals surface area contributed by atoms with Crippen molar-refractivity contribution in [2.45, 2.75) is 12.8 Å². The second-order valence-corrected chi connectivity index (χ2v) is 5.29. The Balaban J connectivity index is 2.15. The molecular formula is C14H18ClNO3. The zero-order chi connectivity index (χ0) is 13.8. The van der Waals surface area contributed by atoms with Crippen molar-refractivity contribution in [2.24, 2.45) is 5.92 Å². The molecule has 1 unspecified atom stereocenters. The molecule has 0 spiro atoms. The van der Waals surface area contributed by atoms with Crippen LogP contribution in [0.4, 0.5) is 5.69 Å². The summed E-state index contributed by atoms with van der Waals surface area (Å²) in [6, 6.07) is 4.91. The first-order chi connectivity index (χ1) is 9.11. The maximum Gasteiger partial charge on any atom is 0.335 e. The molecule has 104 valence electrons. The third kappa shape index (κ3) is 3.39. The van der Waals surface area contributed by atoms with Gasteiger partial charge in [-0.1, -0.05) is 11.6 Å². The summed E-state index contributed by atoms with van der Waals surface area (Å²) in [4.78, 5) is 13.1. The lowest BCUT2D eigenvalue weighted by atomic mass is 9.98. The van der Waals surface area contributed by atoms with Crippen molar-refractivity contribution < 1.29 is 14.6 Å². The summed E-state index contributed by atoms with van der Waals surface area (Å²) in [5.41, 5.74) is 1.13. The highest BCUT2D eigenvalue weighted by Crippen LogP contribution is 2.30. The Morgan fingerprint density at radius 1 is 1.58 bits per heavy atom. The monoisotopic (exact) mass is 283 g/mol. The van der Waals surface area contributed by atoms with Crippen LogP contribution in [0.1, 0.15) is 23.2 Å². The van der Waals surface area contributed by atoms with Gasteiger partial charge < -0.3 is 14.7 Å². The number of carboxylic acid groups (broad SMARTS) is 1. The van der Waals surface area contributed by atoms with Gasteiger partial charge >= 0.3 is 5.97 Å². The van der Waals surface area contributed by atoms with Crippen LogP contribution in [-0.4, -0.2) is 37.9 Å². The number of aromatic carboxylic acids is 1. The first kappa shape index (κ1) is 14.2. The van der Waals surface area contributed by atoms with Crippen LogP contribution >= 0.6 is 11.6 Å². The molecule has 1 atom stereocenters. The van der Waals surface area contributed by atoms with Gasteiger partial charge in [0.05, 0.1) is 22.9 Å². The lowest BCUT2D eigenvalue weighted by molar-refractivity contribution is 0.0697. The van der Waals surface area contributed by atoms with Gasteiger partial charge in [0.15, 0.2) is 0 Å². The van der Waals surface area contributed by atoms with E-state index in [9.17, 15) is 4.79 Å². The van der Waals surface area contributed by atoms with E-state index in [4.69, 9.17) is 21.4 Å². The molecule has 1 heterocycles. The van der Waals surface area contributed by atoms with Crippen molar-refractivity contribution in [1.82, 2.24) is 0 Å². The van der Waals surface area contributed by atoms with Crippen LogP contribution < -0.4 is 4.90 Å². The van der Waals surface area contributed by atoms with Gasteiger partial charge in [-0.3, -0.25) is 0 Å². The van der Waals surface area contributed by atoms with E-state index in [0.29, 0.717) is 10.9 Å². The van der Waals surface area contributed by atoms with Crippen LogP contribution in [0.15, 0.2) is 18.2 Å². The topological polar surface area (TPSA) is 49.8 Å². The second kappa shape index (κ2) is 6.26. The molecule has 0 aliphatic carbocycles. The van der Waals surface area contributed by atoms with Crippen molar-refractivity contribution in [3.05, 3.63) is 28.8 Å². The van der Waals surface area contributed by atoms with E-state index in [-0.39, 0.29) is 5.56 Å². The number of anilines is 1. The fourth-order valence-corrected chi connectivity index (χ4v) is 2.85. The molecule has 0 radical (unpaired) electrons. The standard InChI is InChI=1S/C14H18ClNO3/c1-19-9-10-3-2-6-16(8-10)13-5-4-11(14(17)18)7-12(13)15/h4-5,7,10H,2-3,6,8-9H2,1H3,(H,17,18). The third-order valence-electron chi connectivity index (χ3n) is 3.46. The van der Waals surface area contributed by atoms with E-state index < -0.39 is 5.97 Å². The highest BCUT2D eigenvalue weighted by molar-refractivity contribution is 6.33. The Hall–Kier alpha value is -1.26. The number of methoxy groups -OCH3 is 1. The molecule has 1 aliphatic rings. The van der Waals surface area contributed by atoms with Crippen LogP contribution in [0.3, 0.4) is 0 Å². The minimum atomic E-state index is -0.954. The van der Waals surface area contributed by atoms with Gasteiger partial charge in [-0.05, 0) is 37.0 Å². The van der Waals surface area contributed by atoms with Crippen LogP contribution in [-0.2, 0) is 4.74 Å². The highest BCUT2D eigenvalue weighted by Gasteiger charge is 2.22. The molecule has 4 nitrogen and oxygen atoms in total. The molecule has 1 fully saturated rings. The lowest BCUT2D eigenvalue weighted by Crippen LogP contribution is -2.37.